The molecular weight excluding hydrogens is 236 g/mol. The topological polar surface area (TPSA) is 42.7 Å². The van der Waals surface area contributed by atoms with Gasteiger partial charge in [0.2, 0.25) is 0 Å². The van der Waals surface area contributed by atoms with Crippen molar-refractivity contribution in [1.29, 1.82) is 0 Å². The molecule has 0 aliphatic heterocycles. The van der Waals surface area contributed by atoms with E-state index in [2.05, 4.69) is 53.0 Å². The largest absolute Gasteiger partial charge is 0.376 e. The summed E-state index contributed by atoms with van der Waals surface area (Å²) < 4.78 is 2.06. The number of anilines is 1. The van der Waals surface area contributed by atoms with Crippen molar-refractivity contribution < 1.29 is 0 Å². The van der Waals surface area contributed by atoms with Crippen LogP contribution in [-0.4, -0.2) is 14.8 Å². The van der Waals surface area contributed by atoms with Crippen molar-refractivity contribution in [3.8, 4) is 0 Å². The van der Waals surface area contributed by atoms with Crippen LogP contribution in [0.3, 0.4) is 0 Å². The monoisotopic (exact) mass is 258 g/mol. The highest BCUT2D eigenvalue weighted by Crippen LogP contribution is 2.22. The van der Waals surface area contributed by atoms with Gasteiger partial charge in [-0.1, -0.05) is 6.07 Å². The van der Waals surface area contributed by atoms with Crippen LogP contribution in [0.2, 0.25) is 0 Å². The first-order valence-corrected chi connectivity index (χ1v) is 6.70. The van der Waals surface area contributed by atoms with Crippen LogP contribution >= 0.6 is 0 Å². The van der Waals surface area contributed by atoms with Crippen molar-refractivity contribution in [3.63, 3.8) is 0 Å². The van der Waals surface area contributed by atoms with Crippen molar-refractivity contribution in [1.82, 2.24) is 14.8 Å². The summed E-state index contributed by atoms with van der Waals surface area (Å²) in [6.45, 7) is 11.2. The summed E-state index contributed by atoms with van der Waals surface area (Å²) in [5.41, 5.74) is 5.57. The number of hydrogen-bond donors (Lipinski definition) is 1. The molecule has 0 aliphatic carbocycles. The van der Waals surface area contributed by atoms with Crippen molar-refractivity contribution in [2.24, 2.45) is 0 Å². The van der Waals surface area contributed by atoms with E-state index in [4.69, 9.17) is 0 Å². The van der Waals surface area contributed by atoms with Crippen LogP contribution < -0.4 is 5.32 Å². The van der Waals surface area contributed by atoms with Gasteiger partial charge in [0.05, 0.1) is 29.3 Å². The number of nitrogens with one attached hydrogen (secondary N) is 1. The van der Waals surface area contributed by atoms with Crippen LogP contribution in [0.25, 0.3) is 0 Å². The molecule has 102 valence electrons. The van der Waals surface area contributed by atoms with E-state index >= 15 is 0 Å². The van der Waals surface area contributed by atoms with E-state index in [0.29, 0.717) is 6.04 Å². The molecule has 1 N–H and O–H groups in total. The molecule has 0 bridgehead atoms. The third-order valence-corrected chi connectivity index (χ3v) is 3.23. The summed E-state index contributed by atoms with van der Waals surface area (Å²) in [4.78, 5) is 4.40. The second-order valence-electron chi connectivity index (χ2n) is 5.26. The second kappa shape index (κ2) is 5.43. The van der Waals surface area contributed by atoms with E-state index in [1.54, 1.807) is 0 Å². The molecule has 0 aliphatic rings. The summed E-state index contributed by atoms with van der Waals surface area (Å²) in [7, 11) is 0. The Labute approximate surface area is 114 Å². The van der Waals surface area contributed by atoms with E-state index < -0.39 is 0 Å². The predicted molar refractivity (Wildman–Crippen MR) is 78.4 cm³/mol. The Morgan fingerprint density at radius 2 is 1.95 bits per heavy atom. The van der Waals surface area contributed by atoms with Gasteiger partial charge in [0, 0.05) is 12.2 Å². The standard InChI is InChI=1S/C15H22N4/c1-10(2)19-13(5)15(12(4)18-19)17-9-14-7-6-11(3)8-16-14/h6-8,10,17H,9H2,1-5H3. The molecule has 4 nitrogen and oxygen atoms in total. The molecule has 0 spiro atoms. The predicted octanol–water partition coefficient (Wildman–Crippen LogP) is 3.40. The van der Waals surface area contributed by atoms with Crippen LogP contribution in [0.15, 0.2) is 18.3 Å². The van der Waals surface area contributed by atoms with Crippen LogP contribution in [0, 0.1) is 20.8 Å². The minimum Gasteiger partial charge on any atom is -0.376 e. The molecule has 2 rings (SSSR count). The van der Waals surface area contributed by atoms with Gasteiger partial charge < -0.3 is 5.32 Å². The van der Waals surface area contributed by atoms with Gasteiger partial charge in [-0.25, -0.2) is 0 Å². The maximum absolute atomic E-state index is 4.57. The molecule has 2 heterocycles. The normalized spacial score (nSPS) is 11.1. The van der Waals surface area contributed by atoms with Gasteiger partial charge in [0.15, 0.2) is 0 Å². The first-order chi connectivity index (χ1) is 8.99. The summed E-state index contributed by atoms with van der Waals surface area (Å²) >= 11 is 0. The smallest absolute Gasteiger partial charge is 0.0828 e. The molecule has 0 aromatic carbocycles. The molecule has 2 aromatic heterocycles. The fourth-order valence-electron chi connectivity index (χ4n) is 2.20. The van der Waals surface area contributed by atoms with Crippen molar-refractivity contribution in [3.05, 3.63) is 41.0 Å². The summed E-state index contributed by atoms with van der Waals surface area (Å²) in [5, 5.41) is 8.02. The molecule has 0 amide bonds. The lowest BCUT2D eigenvalue weighted by molar-refractivity contribution is 0.516. The first-order valence-electron chi connectivity index (χ1n) is 6.70. The molecule has 0 unspecified atom stereocenters. The Bertz CT molecular complexity index is 552. The lowest BCUT2D eigenvalue weighted by Gasteiger charge is -2.10. The highest BCUT2D eigenvalue weighted by molar-refractivity contribution is 5.52. The van der Waals surface area contributed by atoms with Gasteiger partial charge in [-0.05, 0) is 46.2 Å². The Morgan fingerprint density at radius 1 is 1.21 bits per heavy atom. The number of pyridine rings is 1. The fraction of sp³-hybridized carbons (Fsp3) is 0.467. The average molecular weight is 258 g/mol. The fourth-order valence-corrected chi connectivity index (χ4v) is 2.20. The van der Waals surface area contributed by atoms with E-state index in [1.807, 2.05) is 20.0 Å². The molecule has 0 atom stereocenters. The SMILES string of the molecule is Cc1ccc(CNc2c(C)nn(C(C)C)c2C)nc1. The Kier molecular flexibility index (Phi) is 3.88. The molecule has 19 heavy (non-hydrogen) atoms. The van der Waals surface area contributed by atoms with Crippen LogP contribution in [0.1, 0.15) is 42.5 Å². The minimum absolute atomic E-state index is 0.381. The molecular formula is C15H22N4. The Hall–Kier alpha value is -1.84. The molecule has 0 saturated heterocycles. The minimum atomic E-state index is 0.381. The number of nitrogens with zero attached hydrogens (tertiary/aromatic N) is 3. The van der Waals surface area contributed by atoms with E-state index in [1.165, 1.54) is 11.3 Å². The molecule has 4 heteroatoms. The zero-order valence-corrected chi connectivity index (χ0v) is 12.4. The van der Waals surface area contributed by atoms with Crippen molar-refractivity contribution >= 4 is 5.69 Å². The van der Waals surface area contributed by atoms with Crippen LogP contribution in [0.4, 0.5) is 5.69 Å². The summed E-state index contributed by atoms with van der Waals surface area (Å²) in [5.74, 6) is 0. The third-order valence-electron chi connectivity index (χ3n) is 3.23. The highest BCUT2D eigenvalue weighted by atomic mass is 15.3. The molecule has 0 fully saturated rings. The van der Waals surface area contributed by atoms with E-state index in [9.17, 15) is 0 Å². The first kappa shape index (κ1) is 13.6. The average Bonchev–Trinajstić information content (AvgIpc) is 2.65. The number of aromatic nitrogens is 3. The Morgan fingerprint density at radius 3 is 2.47 bits per heavy atom. The zero-order valence-electron chi connectivity index (χ0n) is 12.4. The molecule has 0 radical (unpaired) electrons. The van der Waals surface area contributed by atoms with E-state index in [0.717, 1.165) is 23.6 Å². The number of aryl methyl sites for hydroxylation is 2. The van der Waals surface area contributed by atoms with Gasteiger partial charge in [-0.2, -0.15) is 5.10 Å². The van der Waals surface area contributed by atoms with Gasteiger partial charge in [-0.15, -0.1) is 0 Å². The van der Waals surface area contributed by atoms with Crippen molar-refractivity contribution in [2.75, 3.05) is 5.32 Å². The lowest BCUT2D eigenvalue weighted by atomic mass is 10.2. The molecule has 0 saturated carbocycles. The maximum atomic E-state index is 4.57. The molecule has 2 aromatic rings. The van der Waals surface area contributed by atoms with Gasteiger partial charge >= 0.3 is 0 Å². The van der Waals surface area contributed by atoms with Gasteiger partial charge in [0.25, 0.3) is 0 Å². The highest BCUT2D eigenvalue weighted by Gasteiger charge is 2.12. The van der Waals surface area contributed by atoms with Gasteiger partial charge in [0.1, 0.15) is 0 Å². The Balaban J connectivity index is 2.13. The maximum Gasteiger partial charge on any atom is 0.0828 e. The second-order valence-corrected chi connectivity index (χ2v) is 5.26. The van der Waals surface area contributed by atoms with Crippen molar-refractivity contribution in [2.45, 2.75) is 47.2 Å². The lowest BCUT2D eigenvalue weighted by Crippen LogP contribution is -2.06. The van der Waals surface area contributed by atoms with Crippen LogP contribution in [0.5, 0.6) is 0 Å². The summed E-state index contributed by atoms with van der Waals surface area (Å²) in [6.07, 6.45) is 1.90. The number of rotatable bonds is 4. The summed E-state index contributed by atoms with van der Waals surface area (Å²) in [6, 6.07) is 4.52. The van der Waals surface area contributed by atoms with Gasteiger partial charge in [-0.3, -0.25) is 9.67 Å². The third kappa shape index (κ3) is 2.95. The zero-order chi connectivity index (χ0) is 14.0. The number of hydrogen-bond acceptors (Lipinski definition) is 3. The van der Waals surface area contributed by atoms with Crippen LogP contribution in [-0.2, 0) is 6.54 Å². The quantitative estimate of drug-likeness (QED) is 0.914. The van der Waals surface area contributed by atoms with E-state index in [-0.39, 0.29) is 0 Å².